The molecule has 31 heavy (non-hydrogen) atoms. The molecule has 7 heteroatoms. The van der Waals surface area contributed by atoms with Crippen molar-refractivity contribution in [3.05, 3.63) is 47.5 Å². The fraction of sp³-hybridized carbons (Fsp3) is 0.417. The molecule has 166 valence electrons. The number of ether oxygens (including phenoxy) is 3. The summed E-state index contributed by atoms with van der Waals surface area (Å²) in [6.07, 6.45) is 3.20. The first-order valence-corrected chi connectivity index (χ1v) is 10.4. The van der Waals surface area contributed by atoms with Crippen molar-refractivity contribution in [2.75, 3.05) is 26.6 Å². The molecule has 0 saturated carbocycles. The van der Waals surface area contributed by atoms with Gasteiger partial charge in [0.1, 0.15) is 0 Å². The van der Waals surface area contributed by atoms with Gasteiger partial charge in [-0.15, -0.1) is 0 Å². The monoisotopic (exact) mass is 426 g/mol. The molecule has 0 aliphatic carbocycles. The number of likely N-dealkylation sites (tertiary alicyclic amines) is 1. The van der Waals surface area contributed by atoms with Gasteiger partial charge in [0.25, 0.3) is 11.8 Å². The van der Waals surface area contributed by atoms with E-state index in [0.717, 1.165) is 19.3 Å². The van der Waals surface area contributed by atoms with Crippen molar-refractivity contribution in [3.63, 3.8) is 0 Å². The van der Waals surface area contributed by atoms with Gasteiger partial charge in [0.2, 0.25) is 5.75 Å². The van der Waals surface area contributed by atoms with E-state index >= 15 is 0 Å². The van der Waals surface area contributed by atoms with E-state index in [2.05, 4.69) is 19.2 Å². The second-order valence-corrected chi connectivity index (χ2v) is 7.79. The molecular weight excluding hydrogens is 396 g/mol. The molecule has 2 amide bonds. The number of nitrogens with zero attached hydrogens (tertiary/aromatic N) is 1. The number of piperidine rings is 1. The van der Waals surface area contributed by atoms with Crippen LogP contribution in [0.15, 0.2) is 36.4 Å². The van der Waals surface area contributed by atoms with Gasteiger partial charge in [-0.05, 0) is 69.5 Å². The molecular formula is C24H30N2O5. The summed E-state index contributed by atoms with van der Waals surface area (Å²) in [5.74, 6) is 0.930. The van der Waals surface area contributed by atoms with Gasteiger partial charge >= 0.3 is 0 Å². The molecule has 7 nitrogen and oxygen atoms in total. The van der Waals surface area contributed by atoms with E-state index < -0.39 is 0 Å². The lowest BCUT2D eigenvalue weighted by Crippen LogP contribution is -2.47. The summed E-state index contributed by atoms with van der Waals surface area (Å²) in [6, 6.07) is 10.6. The van der Waals surface area contributed by atoms with Crippen LogP contribution in [0.5, 0.6) is 17.2 Å². The van der Waals surface area contributed by atoms with Crippen LogP contribution in [-0.4, -0.2) is 50.1 Å². The predicted octanol–water partition coefficient (Wildman–Crippen LogP) is 4.37. The number of rotatable bonds is 6. The van der Waals surface area contributed by atoms with Crippen LogP contribution in [-0.2, 0) is 0 Å². The van der Waals surface area contributed by atoms with Crippen LogP contribution in [0.2, 0.25) is 0 Å². The molecule has 0 bridgehead atoms. The van der Waals surface area contributed by atoms with Crippen LogP contribution in [0.4, 0.5) is 5.69 Å². The van der Waals surface area contributed by atoms with Crippen molar-refractivity contribution in [2.45, 2.75) is 45.2 Å². The molecule has 1 aliphatic rings. The maximum atomic E-state index is 13.0. The van der Waals surface area contributed by atoms with Gasteiger partial charge in [-0.25, -0.2) is 0 Å². The van der Waals surface area contributed by atoms with Gasteiger partial charge in [0, 0.05) is 28.9 Å². The zero-order valence-electron chi connectivity index (χ0n) is 18.7. The Morgan fingerprint density at radius 3 is 1.90 bits per heavy atom. The first-order valence-electron chi connectivity index (χ1n) is 10.4. The Kier molecular flexibility index (Phi) is 7.05. The average molecular weight is 427 g/mol. The summed E-state index contributed by atoms with van der Waals surface area (Å²) in [4.78, 5) is 27.7. The molecule has 3 rings (SSSR count). The zero-order valence-corrected chi connectivity index (χ0v) is 18.7. The highest BCUT2D eigenvalue weighted by atomic mass is 16.5. The van der Waals surface area contributed by atoms with E-state index in [1.54, 1.807) is 36.4 Å². The largest absolute Gasteiger partial charge is 0.493 e. The van der Waals surface area contributed by atoms with Crippen molar-refractivity contribution in [1.29, 1.82) is 0 Å². The van der Waals surface area contributed by atoms with Crippen LogP contribution in [0.25, 0.3) is 0 Å². The van der Waals surface area contributed by atoms with E-state index in [1.807, 2.05) is 4.90 Å². The van der Waals surface area contributed by atoms with Crippen molar-refractivity contribution >= 4 is 17.5 Å². The SMILES string of the molecule is COc1cc(C(=O)Nc2ccc(C(=O)N3[C@H](C)CCC[C@H]3C)cc2)cc(OC)c1OC. The normalized spacial score (nSPS) is 18.3. The maximum absolute atomic E-state index is 13.0. The van der Waals surface area contributed by atoms with Gasteiger partial charge in [-0.1, -0.05) is 0 Å². The summed E-state index contributed by atoms with van der Waals surface area (Å²) >= 11 is 0. The highest BCUT2D eigenvalue weighted by Gasteiger charge is 2.29. The minimum atomic E-state index is -0.323. The van der Waals surface area contributed by atoms with Crippen LogP contribution in [0.3, 0.4) is 0 Å². The molecule has 0 radical (unpaired) electrons. The Labute approximate surface area is 183 Å². The minimum absolute atomic E-state index is 0.0298. The van der Waals surface area contributed by atoms with E-state index in [-0.39, 0.29) is 23.9 Å². The molecule has 0 spiro atoms. The lowest BCUT2D eigenvalue weighted by Gasteiger charge is -2.39. The van der Waals surface area contributed by atoms with E-state index in [1.165, 1.54) is 21.3 Å². The number of hydrogen-bond donors (Lipinski definition) is 1. The molecule has 1 aliphatic heterocycles. The van der Waals surface area contributed by atoms with Crippen molar-refractivity contribution in [2.24, 2.45) is 0 Å². The van der Waals surface area contributed by atoms with Crippen LogP contribution in [0, 0.1) is 0 Å². The highest BCUT2D eigenvalue weighted by Crippen LogP contribution is 2.38. The van der Waals surface area contributed by atoms with Crippen molar-refractivity contribution < 1.29 is 23.8 Å². The third-order valence-corrected chi connectivity index (χ3v) is 5.74. The van der Waals surface area contributed by atoms with Gasteiger partial charge in [-0.2, -0.15) is 0 Å². The van der Waals surface area contributed by atoms with Gasteiger partial charge in [0.05, 0.1) is 21.3 Å². The second-order valence-electron chi connectivity index (χ2n) is 7.79. The molecule has 0 unspecified atom stereocenters. The Balaban J connectivity index is 1.75. The number of amides is 2. The standard InChI is InChI=1S/C24H30N2O5/c1-15-7-6-8-16(2)26(15)24(28)17-9-11-19(12-10-17)25-23(27)18-13-20(29-3)22(31-5)21(14-18)30-4/h9-16H,6-8H2,1-5H3,(H,25,27)/t15-,16-/m1/s1. The minimum Gasteiger partial charge on any atom is -0.493 e. The maximum Gasteiger partial charge on any atom is 0.255 e. The summed E-state index contributed by atoms with van der Waals surface area (Å²) in [6.45, 7) is 4.19. The number of hydrogen-bond acceptors (Lipinski definition) is 5. The molecule has 1 N–H and O–H groups in total. The number of methoxy groups -OCH3 is 3. The van der Waals surface area contributed by atoms with Crippen LogP contribution in [0.1, 0.15) is 53.8 Å². The average Bonchev–Trinajstić information content (AvgIpc) is 2.78. The predicted molar refractivity (Wildman–Crippen MR) is 119 cm³/mol. The molecule has 1 heterocycles. The molecule has 1 fully saturated rings. The van der Waals surface area contributed by atoms with E-state index in [9.17, 15) is 9.59 Å². The van der Waals surface area contributed by atoms with E-state index in [0.29, 0.717) is 34.1 Å². The summed E-state index contributed by atoms with van der Waals surface area (Å²) < 4.78 is 15.9. The third kappa shape index (κ3) is 4.76. The number of carbonyl (C=O) groups is 2. The molecule has 2 atom stereocenters. The molecule has 2 aromatic carbocycles. The van der Waals surface area contributed by atoms with Crippen LogP contribution < -0.4 is 19.5 Å². The zero-order chi connectivity index (χ0) is 22.5. The summed E-state index contributed by atoms with van der Waals surface area (Å²) in [5.41, 5.74) is 1.58. The fourth-order valence-electron chi connectivity index (χ4n) is 4.08. The Morgan fingerprint density at radius 2 is 1.42 bits per heavy atom. The lowest BCUT2D eigenvalue weighted by molar-refractivity contribution is 0.0510. The fourth-order valence-corrected chi connectivity index (χ4v) is 4.08. The first-order chi connectivity index (χ1) is 14.9. The topological polar surface area (TPSA) is 77.1 Å². The number of anilines is 1. The Morgan fingerprint density at radius 1 is 0.871 bits per heavy atom. The third-order valence-electron chi connectivity index (χ3n) is 5.74. The smallest absolute Gasteiger partial charge is 0.255 e. The van der Waals surface area contributed by atoms with E-state index in [4.69, 9.17) is 14.2 Å². The van der Waals surface area contributed by atoms with Gasteiger partial charge < -0.3 is 24.4 Å². The summed E-state index contributed by atoms with van der Waals surface area (Å²) in [7, 11) is 4.51. The lowest BCUT2D eigenvalue weighted by atomic mass is 9.96. The highest BCUT2D eigenvalue weighted by molar-refractivity contribution is 6.05. The van der Waals surface area contributed by atoms with Crippen molar-refractivity contribution in [3.8, 4) is 17.2 Å². The van der Waals surface area contributed by atoms with Gasteiger partial charge in [-0.3, -0.25) is 9.59 Å². The number of nitrogens with one attached hydrogen (secondary N) is 1. The van der Waals surface area contributed by atoms with Gasteiger partial charge in [0.15, 0.2) is 11.5 Å². The number of carbonyl (C=O) groups excluding carboxylic acids is 2. The van der Waals surface area contributed by atoms with Crippen LogP contribution >= 0.6 is 0 Å². The second kappa shape index (κ2) is 9.73. The molecule has 2 aromatic rings. The quantitative estimate of drug-likeness (QED) is 0.742. The Hall–Kier alpha value is -3.22. The molecule has 1 saturated heterocycles. The number of benzene rings is 2. The molecule has 0 aromatic heterocycles. The summed E-state index contributed by atoms with van der Waals surface area (Å²) in [5, 5.41) is 2.85. The van der Waals surface area contributed by atoms with Crippen molar-refractivity contribution in [1.82, 2.24) is 4.90 Å². The first kappa shape index (κ1) is 22.5. The Bertz CT molecular complexity index is 906.